The van der Waals surface area contributed by atoms with E-state index in [1.165, 1.54) is 0 Å². The molecule has 1 heterocycles. The van der Waals surface area contributed by atoms with Crippen molar-refractivity contribution in [2.75, 3.05) is 0 Å². The average molecular weight is 165 g/mol. The fourth-order valence-electron chi connectivity index (χ4n) is 0.313. The molecular weight excluding hydrogens is 157 g/mol. The molecule has 1 aromatic rings. The molecule has 0 unspecified atom stereocenters. The maximum absolute atomic E-state index is 8.38. The first-order chi connectivity index (χ1) is 4.41. The zero-order valence-electron chi connectivity index (χ0n) is 6.06. The standard InChI is InChI=1S/C5H5N.BHO2.Mg.H2O/c1-2-4-6-5-3-1;2-1-3;;/h1-5H;1H;;1H2/q;-2;+2;. The van der Waals surface area contributed by atoms with Gasteiger partial charge in [-0.05, 0) is 12.1 Å². The van der Waals surface area contributed by atoms with Crippen LogP contribution >= 0.6 is 0 Å². The van der Waals surface area contributed by atoms with Crippen LogP contribution in [0.5, 0.6) is 0 Å². The first-order valence-electron chi connectivity index (χ1n) is 2.43. The fraction of sp³-hybridized carbons (Fsp3) is 0. The van der Waals surface area contributed by atoms with E-state index >= 15 is 0 Å². The maximum Gasteiger partial charge on any atom is 2.00 e. The van der Waals surface area contributed by atoms with Crippen molar-refractivity contribution in [1.82, 2.24) is 4.98 Å². The quantitative estimate of drug-likeness (QED) is 0.380. The molecule has 0 aliphatic carbocycles. The van der Waals surface area contributed by atoms with Crippen LogP contribution in [0.1, 0.15) is 0 Å². The zero-order chi connectivity index (χ0) is 6.95. The Morgan fingerprint density at radius 3 is 1.45 bits per heavy atom. The van der Waals surface area contributed by atoms with E-state index in [4.69, 9.17) is 10.0 Å². The molecule has 0 aliphatic rings. The van der Waals surface area contributed by atoms with Crippen LogP contribution < -0.4 is 10.0 Å². The van der Waals surface area contributed by atoms with Crippen LogP contribution in [0.4, 0.5) is 0 Å². The molecule has 0 fully saturated rings. The molecular formula is C5H8BMgNO3. The van der Waals surface area contributed by atoms with Crippen molar-refractivity contribution in [3.05, 3.63) is 30.6 Å². The number of nitrogens with zero attached hydrogens (tertiary/aromatic N) is 1. The molecule has 6 heteroatoms. The predicted octanol–water partition coefficient (Wildman–Crippen LogP) is -3.15. The smallest absolute Gasteiger partial charge is 0.896 e. The largest absolute Gasteiger partial charge is 2.00 e. The zero-order valence-corrected chi connectivity index (χ0v) is 7.48. The van der Waals surface area contributed by atoms with Crippen LogP contribution in [-0.2, 0) is 0 Å². The van der Waals surface area contributed by atoms with Crippen LogP contribution in [0.15, 0.2) is 30.6 Å². The second-order valence-electron chi connectivity index (χ2n) is 1.14. The summed E-state index contributed by atoms with van der Waals surface area (Å²) in [5.74, 6) is 0. The van der Waals surface area contributed by atoms with Gasteiger partial charge < -0.3 is 15.5 Å². The summed E-state index contributed by atoms with van der Waals surface area (Å²) >= 11 is 0. The summed E-state index contributed by atoms with van der Waals surface area (Å²) in [5, 5.41) is 16.8. The normalized spacial score (nSPS) is 5.64. The molecule has 0 spiro atoms. The number of rotatable bonds is 0. The number of hydrogen-bond donors (Lipinski definition) is 0. The number of hydrogen-bond acceptors (Lipinski definition) is 3. The third-order valence-electron chi connectivity index (χ3n) is 0.566. The minimum absolute atomic E-state index is 0. The summed E-state index contributed by atoms with van der Waals surface area (Å²) in [4.78, 5) is 3.78. The van der Waals surface area contributed by atoms with Crippen molar-refractivity contribution in [3.8, 4) is 0 Å². The van der Waals surface area contributed by atoms with E-state index in [2.05, 4.69) is 4.98 Å². The van der Waals surface area contributed by atoms with Gasteiger partial charge in [0.05, 0.1) is 0 Å². The van der Waals surface area contributed by atoms with Gasteiger partial charge in [0.2, 0.25) is 0 Å². The van der Waals surface area contributed by atoms with Crippen molar-refractivity contribution in [3.63, 3.8) is 0 Å². The molecule has 11 heavy (non-hydrogen) atoms. The van der Waals surface area contributed by atoms with E-state index in [-0.39, 0.29) is 28.5 Å². The molecule has 0 radical (unpaired) electrons. The summed E-state index contributed by atoms with van der Waals surface area (Å²) in [6, 6.07) is 5.72. The van der Waals surface area contributed by atoms with Crippen molar-refractivity contribution in [2.24, 2.45) is 0 Å². The molecule has 0 atom stereocenters. The van der Waals surface area contributed by atoms with Gasteiger partial charge in [-0.15, -0.1) is 7.69 Å². The third-order valence-corrected chi connectivity index (χ3v) is 0.566. The Morgan fingerprint density at radius 2 is 1.36 bits per heavy atom. The van der Waals surface area contributed by atoms with E-state index < -0.39 is 7.69 Å². The summed E-state index contributed by atoms with van der Waals surface area (Å²) in [7, 11) is -1.25. The third kappa shape index (κ3) is 17.7. The van der Waals surface area contributed by atoms with Crippen molar-refractivity contribution < 1.29 is 15.5 Å². The molecule has 1 aromatic heterocycles. The molecule has 0 saturated heterocycles. The van der Waals surface area contributed by atoms with Crippen molar-refractivity contribution in [1.29, 1.82) is 0 Å². The molecule has 0 aromatic carbocycles. The van der Waals surface area contributed by atoms with Crippen molar-refractivity contribution >= 4 is 30.7 Å². The number of aromatic nitrogens is 1. The molecule has 0 aliphatic heterocycles. The number of pyridine rings is 1. The van der Waals surface area contributed by atoms with E-state index in [1.54, 1.807) is 12.4 Å². The summed E-state index contributed by atoms with van der Waals surface area (Å²) in [5.41, 5.74) is 0. The Balaban J connectivity index is -0.000000116. The first kappa shape index (κ1) is 17.1. The minimum atomic E-state index is -1.25. The second kappa shape index (κ2) is 16.4. The minimum Gasteiger partial charge on any atom is -0.896 e. The molecule has 0 saturated carbocycles. The fourth-order valence-corrected chi connectivity index (χ4v) is 0.313. The maximum atomic E-state index is 8.38. The van der Waals surface area contributed by atoms with Gasteiger partial charge in [-0.3, -0.25) is 4.98 Å². The van der Waals surface area contributed by atoms with Gasteiger partial charge >= 0.3 is 23.1 Å². The summed E-state index contributed by atoms with van der Waals surface area (Å²) < 4.78 is 0. The van der Waals surface area contributed by atoms with Crippen LogP contribution in [0.2, 0.25) is 0 Å². The van der Waals surface area contributed by atoms with Gasteiger partial charge in [0.25, 0.3) is 0 Å². The van der Waals surface area contributed by atoms with E-state index in [0.717, 1.165) is 0 Å². The molecule has 0 amide bonds. The van der Waals surface area contributed by atoms with Gasteiger partial charge in [-0.25, -0.2) is 0 Å². The van der Waals surface area contributed by atoms with Crippen LogP contribution in [0.25, 0.3) is 0 Å². The van der Waals surface area contributed by atoms with E-state index in [9.17, 15) is 0 Å². The van der Waals surface area contributed by atoms with Gasteiger partial charge in [-0.1, -0.05) is 6.07 Å². The van der Waals surface area contributed by atoms with Gasteiger partial charge in [0.15, 0.2) is 0 Å². The molecule has 1 rings (SSSR count). The molecule has 2 N–H and O–H groups in total. The van der Waals surface area contributed by atoms with Gasteiger partial charge in [0, 0.05) is 12.4 Å². The van der Waals surface area contributed by atoms with Crippen molar-refractivity contribution in [2.45, 2.75) is 0 Å². The predicted molar refractivity (Wildman–Crippen MR) is 40.8 cm³/mol. The Labute approximate surface area is 82.1 Å². The monoisotopic (exact) mass is 165 g/mol. The second-order valence-corrected chi connectivity index (χ2v) is 1.14. The van der Waals surface area contributed by atoms with E-state index in [1.807, 2.05) is 18.2 Å². The Hall–Kier alpha value is -0.139. The van der Waals surface area contributed by atoms with Gasteiger partial charge in [0.1, 0.15) is 0 Å². The first-order valence-corrected chi connectivity index (χ1v) is 2.43. The Bertz CT molecular complexity index is 105. The summed E-state index contributed by atoms with van der Waals surface area (Å²) in [6.07, 6.45) is 3.50. The Morgan fingerprint density at radius 1 is 1.00 bits per heavy atom. The SMILES string of the molecule is O.[Mg+2].[O-]B[O-].c1ccncc1. The summed E-state index contributed by atoms with van der Waals surface area (Å²) in [6.45, 7) is 0. The molecule has 0 bridgehead atoms. The molecule has 56 valence electrons. The van der Waals surface area contributed by atoms with Gasteiger partial charge in [-0.2, -0.15) is 0 Å². The Kier molecular flexibility index (Phi) is 25.6. The van der Waals surface area contributed by atoms with Crippen LogP contribution in [0.3, 0.4) is 0 Å². The topological polar surface area (TPSA) is 90.5 Å². The van der Waals surface area contributed by atoms with E-state index in [0.29, 0.717) is 0 Å². The van der Waals surface area contributed by atoms with Crippen LogP contribution in [-0.4, -0.2) is 41.2 Å². The average Bonchev–Trinajstić information content (AvgIpc) is 1.93. The van der Waals surface area contributed by atoms with Crippen LogP contribution in [0, 0.1) is 0 Å². The molecule has 4 nitrogen and oxygen atoms in total.